The standard InChI is InChI=1S/C40H44O8/c1-26(2)38(41)46-22-21-29-7-9-33(10-8-29)37-23-35(48-40(43)28(4)25-45-6)19-20-36(37)32-13-11-30(12-14-32)31-15-17-34(18-16-31)47-39(42)27(3)24-44-5/h11-20,23,29,33H,1,3-4,7-10,21-22,24-25H2,2,5-6H3. The van der Waals surface area contributed by atoms with E-state index in [1.165, 1.54) is 14.2 Å². The molecule has 252 valence electrons. The SMILES string of the molecule is C=C(C)C(=O)OCCC1CCC(c2cc(OC(=O)C(=C)COC)ccc2-c2ccc(-c3ccc(OC(=O)C(=C)COC)cc3)cc2)CC1. The van der Waals surface area contributed by atoms with Crippen molar-refractivity contribution >= 4 is 17.9 Å². The fraction of sp³-hybridized carbons (Fsp3) is 0.325. The summed E-state index contributed by atoms with van der Waals surface area (Å²) in [6.45, 7) is 13.4. The summed E-state index contributed by atoms with van der Waals surface area (Å²) < 4.78 is 26.4. The first-order valence-electron chi connectivity index (χ1n) is 16.0. The van der Waals surface area contributed by atoms with E-state index >= 15 is 0 Å². The third-order valence-corrected chi connectivity index (χ3v) is 8.44. The van der Waals surface area contributed by atoms with Gasteiger partial charge in [0.15, 0.2) is 0 Å². The van der Waals surface area contributed by atoms with Crippen LogP contribution in [0.25, 0.3) is 22.3 Å². The molecule has 0 bridgehead atoms. The van der Waals surface area contributed by atoms with Gasteiger partial charge in [-0.2, -0.15) is 0 Å². The van der Waals surface area contributed by atoms with Gasteiger partial charge >= 0.3 is 17.9 Å². The van der Waals surface area contributed by atoms with Crippen molar-refractivity contribution < 1.29 is 38.1 Å². The first kappa shape index (κ1) is 36.1. The Morgan fingerprint density at radius 1 is 0.667 bits per heavy atom. The van der Waals surface area contributed by atoms with Crippen LogP contribution in [-0.2, 0) is 28.6 Å². The van der Waals surface area contributed by atoms with Gasteiger partial charge in [0, 0.05) is 19.8 Å². The van der Waals surface area contributed by atoms with Crippen molar-refractivity contribution in [3.8, 4) is 33.8 Å². The second kappa shape index (κ2) is 17.4. The van der Waals surface area contributed by atoms with Crippen LogP contribution >= 0.6 is 0 Å². The van der Waals surface area contributed by atoms with Gasteiger partial charge in [0.25, 0.3) is 0 Å². The van der Waals surface area contributed by atoms with Gasteiger partial charge in [-0.1, -0.05) is 62.2 Å². The van der Waals surface area contributed by atoms with Gasteiger partial charge in [-0.3, -0.25) is 0 Å². The lowest BCUT2D eigenvalue weighted by Gasteiger charge is -2.30. The lowest BCUT2D eigenvalue weighted by Crippen LogP contribution is -2.17. The van der Waals surface area contributed by atoms with Crippen LogP contribution in [0.2, 0.25) is 0 Å². The largest absolute Gasteiger partial charge is 0.462 e. The van der Waals surface area contributed by atoms with Gasteiger partial charge in [-0.05, 0) is 103 Å². The van der Waals surface area contributed by atoms with E-state index in [1.807, 2.05) is 30.3 Å². The first-order valence-corrected chi connectivity index (χ1v) is 16.0. The second-order valence-corrected chi connectivity index (χ2v) is 12.1. The van der Waals surface area contributed by atoms with Crippen molar-refractivity contribution in [2.24, 2.45) is 5.92 Å². The highest BCUT2D eigenvalue weighted by Gasteiger charge is 2.26. The molecule has 0 N–H and O–H groups in total. The predicted octanol–water partition coefficient (Wildman–Crippen LogP) is 8.02. The van der Waals surface area contributed by atoms with Crippen LogP contribution in [0, 0.1) is 5.92 Å². The van der Waals surface area contributed by atoms with E-state index in [-0.39, 0.29) is 36.2 Å². The maximum atomic E-state index is 12.6. The van der Waals surface area contributed by atoms with Crippen LogP contribution in [0.3, 0.4) is 0 Å². The molecule has 0 atom stereocenters. The molecule has 8 nitrogen and oxygen atoms in total. The zero-order valence-electron chi connectivity index (χ0n) is 28.0. The summed E-state index contributed by atoms with van der Waals surface area (Å²) >= 11 is 0. The monoisotopic (exact) mass is 652 g/mol. The molecule has 3 aromatic carbocycles. The van der Waals surface area contributed by atoms with E-state index in [9.17, 15) is 14.4 Å². The van der Waals surface area contributed by atoms with E-state index in [2.05, 4.69) is 44.0 Å². The minimum Gasteiger partial charge on any atom is -0.462 e. The quantitative estimate of drug-likeness (QED) is 0.0925. The summed E-state index contributed by atoms with van der Waals surface area (Å²) in [5, 5.41) is 0. The number of hydrogen-bond donors (Lipinski definition) is 0. The summed E-state index contributed by atoms with van der Waals surface area (Å²) in [4.78, 5) is 36.5. The Kier molecular flexibility index (Phi) is 13.1. The molecule has 0 aliphatic heterocycles. The zero-order chi connectivity index (χ0) is 34.6. The molecular formula is C40H44O8. The molecule has 1 fully saturated rings. The van der Waals surface area contributed by atoms with Gasteiger partial charge in [-0.15, -0.1) is 0 Å². The normalized spacial score (nSPS) is 15.6. The van der Waals surface area contributed by atoms with Crippen LogP contribution in [0.4, 0.5) is 0 Å². The van der Waals surface area contributed by atoms with Gasteiger partial charge in [-0.25, -0.2) is 14.4 Å². The minimum atomic E-state index is -0.525. The van der Waals surface area contributed by atoms with E-state index < -0.39 is 11.9 Å². The highest BCUT2D eigenvalue weighted by atomic mass is 16.5. The molecular weight excluding hydrogens is 608 g/mol. The minimum absolute atomic E-state index is 0.0971. The topological polar surface area (TPSA) is 97.4 Å². The number of esters is 3. The Bertz CT molecular complexity index is 1630. The second-order valence-electron chi connectivity index (χ2n) is 12.1. The summed E-state index contributed by atoms with van der Waals surface area (Å²) in [6, 6.07) is 21.4. The highest BCUT2D eigenvalue weighted by molar-refractivity contribution is 5.90. The van der Waals surface area contributed by atoms with E-state index in [0.717, 1.165) is 59.9 Å². The van der Waals surface area contributed by atoms with Crippen molar-refractivity contribution in [3.63, 3.8) is 0 Å². The summed E-state index contributed by atoms with van der Waals surface area (Å²) in [5.74, 6) is 0.243. The smallest absolute Gasteiger partial charge is 0.341 e. The lowest BCUT2D eigenvalue weighted by atomic mass is 9.76. The molecule has 4 rings (SSSR count). The van der Waals surface area contributed by atoms with Gasteiger partial charge in [0.2, 0.25) is 0 Å². The number of carbonyl (C=O) groups is 3. The molecule has 0 aromatic heterocycles. The molecule has 0 amide bonds. The fourth-order valence-electron chi connectivity index (χ4n) is 5.79. The molecule has 0 unspecified atom stereocenters. The van der Waals surface area contributed by atoms with Crippen molar-refractivity contribution in [3.05, 3.63) is 109 Å². The van der Waals surface area contributed by atoms with Crippen molar-refractivity contribution in [2.45, 2.75) is 44.9 Å². The average molecular weight is 653 g/mol. The molecule has 3 aromatic rings. The van der Waals surface area contributed by atoms with Crippen molar-refractivity contribution in [1.82, 2.24) is 0 Å². The summed E-state index contributed by atoms with van der Waals surface area (Å²) in [6.07, 6.45) is 4.77. The number of methoxy groups -OCH3 is 2. The molecule has 8 heteroatoms. The van der Waals surface area contributed by atoms with E-state index in [1.54, 1.807) is 19.1 Å². The average Bonchev–Trinajstić information content (AvgIpc) is 3.09. The molecule has 0 radical (unpaired) electrons. The molecule has 1 saturated carbocycles. The Hall–Kier alpha value is -4.79. The number of benzene rings is 3. The molecule has 1 aliphatic carbocycles. The lowest BCUT2D eigenvalue weighted by molar-refractivity contribution is -0.139. The molecule has 48 heavy (non-hydrogen) atoms. The van der Waals surface area contributed by atoms with Crippen molar-refractivity contribution in [2.75, 3.05) is 34.0 Å². The molecule has 0 heterocycles. The maximum absolute atomic E-state index is 12.6. The first-order chi connectivity index (χ1) is 23.1. The number of carbonyl (C=O) groups excluding carboxylic acids is 3. The van der Waals surface area contributed by atoms with Crippen LogP contribution in [-0.4, -0.2) is 51.9 Å². The Balaban J connectivity index is 1.51. The molecule has 1 aliphatic rings. The number of rotatable bonds is 15. The summed E-state index contributed by atoms with van der Waals surface area (Å²) in [7, 11) is 3.00. The summed E-state index contributed by atoms with van der Waals surface area (Å²) in [5.41, 5.74) is 6.13. The number of hydrogen-bond acceptors (Lipinski definition) is 8. The zero-order valence-corrected chi connectivity index (χ0v) is 28.0. The van der Waals surface area contributed by atoms with Crippen LogP contribution in [0.1, 0.15) is 50.5 Å². The predicted molar refractivity (Wildman–Crippen MR) is 186 cm³/mol. The Morgan fingerprint density at radius 3 is 1.71 bits per heavy atom. The number of ether oxygens (including phenoxy) is 5. The molecule has 0 spiro atoms. The maximum Gasteiger partial charge on any atom is 0.341 e. The van der Waals surface area contributed by atoms with Gasteiger partial charge in [0.1, 0.15) is 11.5 Å². The Morgan fingerprint density at radius 2 is 1.17 bits per heavy atom. The van der Waals surface area contributed by atoms with Gasteiger partial charge in [0.05, 0.1) is 31.0 Å². The Labute approximate surface area is 283 Å². The third kappa shape index (κ3) is 9.86. The van der Waals surface area contributed by atoms with Gasteiger partial charge < -0.3 is 23.7 Å². The van der Waals surface area contributed by atoms with E-state index in [0.29, 0.717) is 29.6 Å². The molecule has 0 saturated heterocycles. The van der Waals surface area contributed by atoms with Crippen LogP contribution < -0.4 is 9.47 Å². The highest BCUT2D eigenvalue weighted by Crippen LogP contribution is 2.42. The third-order valence-electron chi connectivity index (χ3n) is 8.44. The fourth-order valence-corrected chi connectivity index (χ4v) is 5.79. The van der Waals surface area contributed by atoms with Crippen LogP contribution in [0.5, 0.6) is 11.5 Å². The van der Waals surface area contributed by atoms with Crippen molar-refractivity contribution in [1.29, 1.82) is 0 Å². The van der Waals surface area contributed by atoms with Crippen LogP contribution in [0.15, 0.2) is 103 Å². The van der Waals surface area contributed by atoms with E-state index in [4.69, 9.17) is 23.7 Å².